The number of aromatic hydroxyl groups is 1. The van der Waals surface area contributed by atoms with Crippen LogP contribution in [0.15, 0.2) is 65.8 Å². The highest BCUT2D eigenvalue weighted by molar-refractivity contribution is 6.07. The van der Waals surface area contributed by atoms with Gasteiger partial charge in [-0.2, -0.15) is 5.10 Å². The van der Waals surface area contributed by atoms with Crippen molar-refractivity contribution in [2.45, 2.75) is 0 Å². The molecule has 0 radical (unpaired) electrons. The number of amides is 2. The highest BCUT2D eigenvalue weighted by Crippen LogP contribution is 2.21. The van der Waals surface area contributed by atoms with E-state index in [-0.39, 0.29) is 18.2 Å². The van der Waals surface area contributed by atoms with Gasteiger partial charge in [-0.3, -0.25) is 9.59 Å². The van der Waals surface area contributed by atoms with Crippen LogP contribution in [0.4, 0.5) is 0 Å². The van der Waals surface area contributed by atoms with Crippen molar-refractivity contribution in [3.05, 3.63) is 71.8 Å². The summed E-state index contributed by atoms with van der Waals surface area (Å²) in [6, 6.07) is 17.6. The summed E-state index contributed by atoms with van der Waals surface area (Å²) in [4.78, 5) is 24.3. The fourth-order valence-corrected chi connectivity index (χ4v) is 2.66. The molecule has 7 heteroatoms. The maximum Gasteiger partial charge on any atom is 0.259 e. The summed E-state index contributed by atoms with van der Waals surface area (Å²) in [7, 11) is 1.51. The van der Waals surface area contributed by atoms with Crippen LogP contribution in [0.25, 0.3) is 10.8 Å². The molecule has 0 unspecified atom stereocenters. The third-order valence-corrected chi connectivity index (χ3v) is 4.07. The van der Waals surface area contributed by atoms with Crippen molar-refractivity contribution in [3.8, 4) is 11.5 Å². The molecule has 0 aliphatic rings. The first kappa shape index (κ1) is 18.9. The number of methoxy groups -OCH3 is 1. The number of fused-ring (bicyclic) bond motifs is 1. The molecular weight excluding hydrogens is 358 g/mol. The molecule has 0 bridgehead atoms. The molecule has 7 nitrogen and oxygen atoms in total. The lowest BCUT2D eigenvalue weighted by molar-refractivity contribution is -0.120. The van der Waals surface area contributed by atoms with Gasteiger partial charge in [0.15, 0.2) is 0 Å². The van der Waals surface area contributed by atoms with E-state index in [1.807, 2.05) is 30.3 Å². The first-order valence-corrected chi connectivity index (χ1v) is 8.53. The second-order valence-electron chi connectivity index (χ2n) is 5.93. The van der Waals surface area contributed by atoms with Crippen LogP contribution < -0.4 is 15.5 Å². The number of hydrazone groups is 1. The maximum atomic E-state index is 12.4. The number of rotatable bonds is 6. The van der Waals surface area contributed by atoms with Crippen LogP contribution in [-0.2, 0) is 4.79 Å². The molecule has 142 valence electrons. The Balaban J connectivity index is 1.58. The molecule has 0 saturated heterocycles. The lowest BCUT2D eigenvalue weighted by Crippen LogP contribution is -2.35. The second-order valence-corrected chi connectivity index (χ2v) is 5.93. The van der Waals surface area contributed by atoms with Gasteiger partial charge in [0.1, 0.15) is 11.5 Å². The van der Waals surface area contributed by atoms with Gasteiger partial charge < -0.3 is 15.2 Å². The molecule has 2 amide bonds. The molecule has 3 rings (SSSR count). The first-order valence-electron chi connectivity index (χ1n) is 8.53. The van der Waals surface area contributed by atoms with Crippen molar-refractivity contribution >= 4 is 28.8 Å². The Hall–Kier alpha value is -3.87. The molecule has 0 spiro atoms. The fourth-order valence-electron chi connectivity index (χ4n) is 2.66. The third-order valence-electron chi connectivity index (χ3n) is 4.07. The van der Waals surface area contributed by atoms with Crippen molar-refractivity contribution in [1.29, 1.82) is 0 Å². The van der Waals surface area contributed by atoms with E-state index in [1.165, 1.54) is 19.4 Å². The van der Waals surface area contributed by atoms with Crippen molar-refractivity contribution in [3.63, 3.8) is 0 Å². The van der Waals surface area contributed by atoms with E-state index in [9.17, 15) is 14.7 Å². The molecule has 0 aliphatic heterocycles. The van der Waals surface area contributed by atoms with Crippen molar-refractivity contribution in [2.24, 2.45) is 5.10 Å². The van der Waals surface area contributed by atoms with Crippen molar-refractivity contribution in [2.75, 3.05) is 13.7 Å². The Labute approximate surface area is 161 Å². The molecule has 3 aromatic carbocycles. The van der Waals surface area contributed by atoms with Crippen LogP contribution in [0.5, 0.6) is 11.5 Å². The lowest BCUT2D eigenvalue weighted by atomic mass is 10.0. The number of hydrogen-bond acceptors (Lipinski definition) is 5. The fraction of sp³-hybridized carbons (Fsp3) is 0.0952. The predicted molar refractivity (Wildman–Crippen MR) is 107 cm³/mol. The number of nitrogens with zero attached hydrogens (tertiary/aromatic N) is 1. The monoisotopic (exact) mass is 377 g/mol. The van der Waals surface area contributed by atoms with Gasteiger partial charge in [-0.05, 0) is 35.0 Å². The number of phenols is 1. The minimum absolute atomic E-state index is 0.00283. The number of hydrogen-bond donors (Lipinski definition) is 3. The minimum atomic E-state index is -0.493. The van der Waals surface area contributed by atoms with Crippen molar-refractivity contribution in [1.82, 2.24) is 10.7 Å². The minimum Gasteiger partial charge on any atom is -0.507 e. The average molecular weight is 377 g/mol. The van der Waals surface area contributed by atoms with Gasteiger partial charge in [0, 0.05) is 11.1 Å². The van der Waals surface area contributed by atoms with Gasteiger partial charge in [-0.25, -0.2) is 5.43 Å². The maximum absolute atomic E-state index is 12.4. The van der Waals surface area contributed by atoms with E-state index < -0.39 is 5.91 Å². The van der Waals surface area contributed by atoms with Gasteiger partial charge in [0.25, 0.3) is 11.8 Å². The van der Waals surface area contributed by atoms with Crippen LogP contribution in [0, 0.1) is 0 Å². The largest absolute Gasteiger partial charge is 0.507 e. The molecule has 3 N–H and O–H groups in total. The van der Waals surface area contributed by atoms with E-state index in [0.717, 1.165) is 10.8 Å². The summed E-state index contributed by atoms with van der Waals surface area (Å²) in [6.07, 6.45) is 1.29. The molecule has 3 aromatic rings. The summed E-state index contributed by atoms with van der Waals surface area (Å²) < 4.78 is 5.07. The summed E-state index contributed by atoms with van der Waals surface area (Å²) in [5.41, 5.74) is 3.19. The third kappa shape index (κ3) is 4.45. The van der Waals surface area contributed by atoms with Crippen LogP contribution in [-0.4, -0.2) is 36.8 Å². The molecule has 28 heavy (non-hydrogen) atoms. The van der Waals surface area contributed by atoms with Crippen LogP contribution in [0.3, 0.4) is 0 Å². The Morgan fingerprint density at radius 3 is 2.71 bits per heavy atom. The van der Waals surface area contributed by atoms with Gasteiger partial charge in [-0.15, -0.1) is 0 Å². The van der Waals surface area contributed by atoms with E-state index >= 15 is 0 Å². The molecule has 0 aliphatic carbocycles. The molecule has 0 atom stereocenters. The number of nitrogens with one attached hydrogen (secondary N) is 2. The summed E-state index contributed by atoms with van der Waals surface area (Å²) in [6.45, 7) is -0.233. The van der Waals surface area contributed by atoms with Crippen LogP contribution in [0.2, 0.25) is 0 Å². The highest BCUT2D eigenvalue weighted by Gasteiger charge is 2.10. The van der Waals surface area contributed by atoms with E-state index in [4.69, 9.17) is 4.74 Å². The Kier molecular flexibility index (Phi) is 5.86. The number of ether oxygens (including phenoxy) is 1. The van der Waals surface area contributed by atoms with Gasteiger partial charge >= 0.3 is 0 Å². The second kappa shape index (κ2) is 8.68. The molecule has 0 fully saturated rings. The van der Waals surface area contributed by atoms with Gasteiger partial charge in [0.05, 0.1) is 19.9 Å². The molecular formula is C21H19N3O4. The van der Waals surface area contributed by atoms with E-state index in [0.29, 0.717) is 16.9 Å². The number of benzene rings is 3. The standard InChI is InChI=1S/C21H19N3O4/c1-28-16-9-10-19(25)15(11-16)12-23-24-20(26)13-22-21(27)18-8-4-6-14-5-2-3-7-17(14)18/h2-12,25H,13H2,1H3,(H,22,27)(H,24,26)/b23-12+. The Bertz CT molecular complexity index is 1040. The smallest absolute Gasteiger partial charge is 0.259 e. The Morgan fingerprint density at radius 1 is 1.11 bits per heavy atom. The van der Waals surface area contributed by atoms with Crippen LogP contribution in [0.1, 0.15) is 15.9 Å². The normalized spacial score (nSPS) is 10.8. The zero-order chi connectivity index (χ0) is 19.9. The lowest BCUT2D eigenvalue weighted by Gasteiger charge is -2.07. The Morgan fingerprint density at radius 2 is 1.89 bits per heavy atom. The molecule has 0 saturated carbocycles. The van der Waals surface area contributed by atoms with Gasteiger partial charge in [0.2, 0.25) is 0 Å². The number of carbonyl (C=O) groups is 2. The zero-order valence-corrected chi connectivity index (χ0v) is 15.2. The van der Waals surface area contributed by atoms with E-state index in [2.05, 4.69) is 15.8 Å². The highest BCUT2D eigenvalue weighted by atomic mass is 16.5. The molecule has 0 aromatic heterocycles. The first-order chi connectivity index (χ1) is 13.6. The quantitative estimate of drug-likeness (QED) is 0.454. The topological polar surface area (TPSA) is 100 Å². The van der Waals surface area contributed by atoms with E-state index in [1.54, 1.807) is 24.3 Å². The van der Waals surface area contributed by atoms with Gasteiger partial charge in [-0.1, -0.05) is 36.4 Å². The summed E-state index contributed by atoms with van der Waals surface area (Å²) in [5, 5.41) is 17.9. The summed E-state index contributed by atoms with van der Waals surface area (Å²) >= 11 is 0. The average Bonchev–Trinajstić information content (AvgIpc) is 2.73. The summed E-state index contributed by atoms with van der Waals surface area (Å²) in [5.74, 6) is -0.287. The van der Waals surface area contributed by atoms with Crippen molar-refractivity contribution < 1.29 is 19.4 Å². The predicted octanol–water partition coefficient (Wildman–Crippen LogP) is 2.43. The number of phenolic OH excluding ortho intramolecular Hbond substituents is 1. The SMILES string of the molecule is COc1ccc(O)c(/C=N/NC(=O)CNC(=O)c2cccc3ccccc23)c1. The zero-order valence-electron chi connectivity index (χ0n) is 15.2. The van der Waals surface area contributed by atoms with Crippen LogP contribution >= 0.6 is 0 Å². The number of carbonyl (C=O) groups excluding carboxylic acids is 2. The molecule has 0 heterocycles.